The monoisotopic (exact) mass is 204 g/mol. The molecule has 0 amide bonds. The van der Waals surface area contributed by atoms with Crippen LogP contribution in [0, 0.1) is 0 Å². The maximum absolute atomic E-state index is 5.44. The third-order valence-electron chi connectivity index (χ3n) is 2.24. The Morgan fingerprint density at radius 2 is 2.50 bits per heavy atom. The van der Waals surface area contributed by atoms with Crippen molar-refractivity contribution in [2.45, 2.75) is 18.9 Å². The molecule has 1 unspecified atom stereocenters. The Morgan fingerprint density at radius 1 is 1.75 bits per heavy atom. The van der Waals surface area contributed by atoms with Crippen molar-refractivity contribution in [2.24, 2.45) is 5.73 Å². The minimum absolute atomic E-state index is 0.632. The summed E-state index contributed by atoms with van der Waals surface area (Å²) in [6, 6.07) is 0.754. The molecule has 1 atom stereocenters. The van der Waals surface area contributed by atoms with Gasteiger partial charge in [-0.1, -0.05) is 12.2 Å². The molecule has 4 heteroatoms. The molecule has 2 nitrogen and oxygen atoms in total. The van der Waals surface area contributed by atoms with Gasteiger partial charge in [-0.05, 0) is 19.2 Å². The van der Waals surface area contributed by atoms with Crippen LogP contribution in [0.3, 0.4) is 0 Å². The van der Waals surface area contributed by atoms with Gasteiger partial charge in [0.2, 0.25) is 0 Å². The molecule has 1 aliphatic heterocycles. The first-order chi connectivity index (χ1) is 5.70. The average Bonchev–Trinajstić information content (AvgIpc) is 2.51. The summed E-state index contributed by atoms with van der Waals surface area (Å²) in [5.41, 5.74) is 5.44. The Kier molecular flexibility index (Phi) is 4.32. The molecule has 2 N–H and O–H groups in total. The minimum atomic E-state index is 0.632. The molecular weight excluding hydrogens is 188 g/mol. The van der Waals surface area contributed by atoms with Crippen LogP contribution in [0.2, 0.25) is 0 Å². The summed E-state index contributed by atoms with van der Waals surface area (Å²) in [5.74, 6) is 2.58. The van der Waals surface area contributed by atoms with Gasteiger partial charge in [-0.25, -0.2) is 0 Å². The summed E-state index contributed by atoms with van der Waals surface area (Å²) in [5, 5.41) is 0. The maximum Gasteiger partial charge on any atom is 0.0740 e. The van der Waals surface area contributed by atoms with Gasteiger partial charge in [0.05, 0.1) is 4.99 Å². The molecule has 0 radical (unpaired) electrons. The highest BCUT2D eigenvalue weighted by Crippen LogP contribution is 2.21. The molecule has 0 aromatic carbocycles. The van der Waals surface area contributed by atoms with Crippen LogP contribution < -0.4 is 5.73 Å². The van der Waals surface area contributed by atoms with Crippen molar-refractivity contribution in [3.8, 4) is 0 Å². The zero-order valence-electron chi connectivity index (χ0n) is 7.45. The fraction of sp³-hybridized carbons (Fsp3) is 0.875. The Bertz CT molecular complexity index is 155. The Morgan fingerprint density at radius 3 is 3.00 bits per heavy atom. The van der Waals surface area contributed by atoms with Crippen LogP contribution in [0.4, 0.5) is 0 Å². The van der Waals surface area contributed by atoms with E-state index in [1.165, 1.54) is 17.9 Å². The van der Waals surface area contributed by atoms with E-state index in [1.54, 1.807) is 0 Å². The highest BCUT2D eigenvalue weighted by Gasteiger charge is 2.19. The van der Waals surface area contributed by atoms with Gasteiger partial charge in [-0.3, -0.25) is 0 Å². The summed E-state index contributed by atoms with van der Waals surface area (Å²) in [6.45, 7) is 1.01. The smallest absolute Gasteiger partial charge is 0.0740 e. The van der Waals surface area contributed by atoms with Crippen molar-refractivity contribution in [1.82, 2.24) is 4.90 Å². The van der Waals surface area contributed by atoms with Crippen molar-refractivity contribution < 1.29 is 0 Å². The number of hydrogen-bond donors (Lipinski definition) is 1. The van der Waals surface area contributed by atoms with Gasteiger partial charge in [0, 0.05) is 24.8 Å². The molecule has 1 rings (SSSR count). The molecule has 0 saturated carbocycles. The van der Waals surface area contributed by atoms with Crippen LogP contribution in [0.1, 0.15) is 12.8 Å². The standard InChI is InChI=1S/C8H16N2S2/c1-10(4-2-8(9)11)7-3-5-12-6-7/h7H,2-6H2,1H3,(H2,9,11). The largest absolute Gasteiger partial charge is 0.393 e. The third-order valence-corrected chi connectivity index (χ3v) is 3.59. The lowest BCUT2D eigenvalue weighted by Crippen LogP contribution is -2.33. The summed E-state index contributed by atoms with van der Waals surface area (Å²) in [7, 11) is 2.16. The number of nitrogens with zero attached hydrogens (tertiary/aromatic N) is 1. The molecule has 1 aliphatic rings. The maximum atomic E-state index is 5.44. The Hall–Kier alpha value is 0.200. The minimum Gasteiger partial charge on any atom is -0.393 e. The summed E-state index contributed by atoms with van der Waals surface area (Å²) in [4.78, 5) is 3.01. The summed E-state index contributed by atoms with van der Waals surface area (Å²) in [6.07, 6.45) is 2.17. The van der Waals surface area contributed by atoms with Crippen molar-refractivity contribution >= 4 is 29.0 Å². The lowest BCUT2D eigenvalue weighted by Gasteiger charge is -2.22. The molecule has 0 spiro atoms. The summed E-state index contributed by atoms with van der Waals surface area (Å²) < 4.78 is 0. The van der Waals surface area contributed by atoms with Gasteiger partial charge in [-0.2, -0.15) is 11.8 Å². The number of nitrogens with two attached hydrogens (primary N) is 1. The fourth-order valence-corrected chi connectivity index (χ4v) is 2.73. The van der Waals surface area contributed by atoms with Crippen molar-refractivity contribution in [3.05, 3.63) is 0 Å². The lowest BCUT2D eigenvalue weighted by molar-refractivity contribution is 0.270. The van der Waals surface area contributed by atoms with E-state index in [4.69, 9.17) is 18.0 Å². The zero-order chi connectivity index (χ0) is 8.97. The fourth-order valence-electron chi connectivity index (χ4n) is 1.34. The van der Waals surface area contributed by atoms with Gasteiger partial charge in [0.15, 0.2) is 0 Å². The predicted molar refractivity (Wildman–Crippen MR) is 59.8 cm³/mol. The van der Waals surface area contributed by atoms with E-state index in [0.29, 0.717) is 4.99 Å². The highest BCUT2D eigenvalue weighted by molar-refractivity contribution is 7.99. The van der Waals surface area contributed by atoms with E-state index in [0.717, 1.165) is 19.0 Å². The topological polar surface area (TPSA) is 29.3 Å². The summed E-state index contributed by atoms with van der Waals surface area (Å²) >= 11 is 6.87. The van der Waals surface area contributed by atoms with Gasteiger partial charge in [0.1, 0.15) is 0 Å². The number of rotatable bonds is 4. The van der Waals surface area contributed by atoms with E-state index in [-0.39, 0.29) is 0 Å². The Balaban J connectivity index is 2.17. The second-order valence-corrected chi connectivity index (χ2v) is 4.89. The first-order valence-corrected chi connectivity index (χ1v) is 5.82. The first kappa shape index (κ1) is 10.3. The second-order valence-electron chi connectivity index (χ2n) is 3.21. The van der Waals surface area contributed by atoms with Crippen LogP contribution in [0.25, 0.3) is 0 Å². The van der Waals surface area contributed by atoms with Crippen molar-refractivity contribution in [3.63, 3.8) is 0 Å². The molecule has 0 bridgehead atoms. The molecule has 0 aliphatic carbocycles. The van der Waals surface area contributed by atoms with E-state index in [1.807, 2.05) is 11.8 Å². The predicted octanol–water partition coefficient (Wildman–Crippen LogP) is 1.10. The van der Waals surface area contributed by atoms with Gasteiger partial charge in [0.25, 0.3) is 0 Å². The van der Waals surface area contributed by atoms with Gasteiger partial charge >= 0.3 is 0 Å². The molecule has 0 aromatic heterocycles. The van der Waals surface area contributed by atoms with E-state index >= 15 is 0 Å². The van der Waals surface area contributed by atoms with E-state index in [2.05, 4.69) is 11.9 Å². The highest BCUT2D eigenvalue weighted by atomic mass is 32.2. The normalized spacial score (nSPS) is 23.3. The van der Waals surface area contributed by atoms with Gasteiger partial charge < -0.3 is 10.6 Å². The average molecular weight is 204 g/mol. The molecule has 1 saturated heterocycles. The van der Waals surface area contributed by atoms with Crippen LogP contribution >= 0.6 is 24.0 Å². The van der Waals surface area contributed by atoms with Crippen LogP contribution in [-0.4, -0.2) is 41.0 Å². The molecule has 1 heterocycles. The SMILES string of the molecule is CN(CCC(N)=S)C1CCSC1. The quantitative estimate of drug-likeness (QED) is 0.695. The number of thioether (sulfide) groups is 1. The number of hydrogen-bond acceptors (Lipinski definition) is 3. The van der Waals surface area contributed by atoms with Crippen LogP contribution in [-0.2, 0) is 0 Å². The van der Waals surface area contributed by atoms with Crippen molar-refractivity contribution in [1.29, 1.82) is 0 Å². The lowest BCUT2D eigenvalue weighted by atomic mass is 10.2. The van der Waals surface area contributed by atoms with Crippen LogP contribution in [0.15, 0.2) is 0 Å². The second kappa shape index (κ2) is 5.04. The zero-order valence-corrected chi connectivity index (χ0v) is 9.09. The molecule has 0 aromatic rings. The Labute approximate surface area is 83.9 Å². The van der Waals surface area contributed by atoms with Crippen LogP contribution in [0.5, 0.6) is 0 Å². The molecule has 1 fully saturated rings. The first-order valence-electron chi connectivity index (χ1n) is 4.26. The van der Waals surface area contributed by atoms with E-state index in [9.17, 15) is 0 Å². The molecule has 12 heavy (non-hydrogen) atoms. The number of thiocarbonyl (C=S) groups is 1. The molecular formula is C8H16N2S2. The van der Waals surface area contributed by atoms with Gasteiger partial charge in [-0.15, -0.1) is 0 Å². The third kappa shape index (κ3) is 3.29. The van der Waals surface area contributed by atoms with E-state index < -0.39 is 0 Å². The van der Waals surface area contributed by atoms with Crippen molar-refractivity contribution in [2.75, 3.05) is 25.1 Å². The molecule has 70 valence electrons.